The van der Waals surface area contributed by atoms with Gasteiger partial charge in [0.05, 0.1) is 6.10 Å². The molecule has 4 aliphatic rings. The first kappa shape index (κ1) is 14.7. The molecular formula is C19H27IO. The van der Waals surface area contributed by atoms with E-state index in [0.717, 1.165) is 30.6 Å². The van der Waals surface area contributed by atoms with Gasteiger partial charge < -0.3 is 5.11 Å². The van der Waals surface area contributed by atoms with E-state index in [1.807, 2.05) is 0 Å². The van der Waals surface area contributed by atoms with Crippen LogP contribution in [-0.2, 0) is 0 Å². The van der Waals surface area contributed by atoms with Gasteiger partial charge in [0, 0.05) is 5.41 Å². The van der Waals surface area contributed by atoms with E-state index in [0.29, 0.717) is 10.8 Å². The number of fused-ring (bicyclic) bond motifs is 5. The van der Waals surface area contributed by atoms with E-state index in [-0.39, 0.29) is 6.10 Å². The third-order valence-electron chi connectivity index (χ3n) is 7.56. The van der Waals surface area contributed by atoms with Gasteiger partial charge >= 0.3 is 0 Å². The molecule has 0 bridgehead atoms. The molecule has 2 fully saturated rings. The zero-order chi connectivity index (χ0) is 14.8. The lowest BCUT2D eigenvalue weighted by molar-refractivity contribution is -0.0268. The molecule has 0 heterocycles. The Balaban J connectivity index is 1.68. The standard InChI is InChI=1S/C19H27IO/c1-18-9-7-13(21)11-12(18)3-4-14-15-5-6-17(20)19(15,2)10-8-16(14)18/h3,6,13-16,21H,4-5,7-11H2,1-2H3/t13-,14+,15+,16+,18-,19-/m0/s1. The lowest BCUT2D eigenvalue weighted by Crippen LogP contribution is -2.49. The summed E-state index contributed by atoms with van der Waals surface area (Å²) in [5.74, 6) is 2.60. The van der Waals surface area contributed by atoms with Crippen LogP contribution in [0.3, 0.4) is 0 Å². The molecule has 0 aliphatic heterocycles. The molecular weight excluding hydrogens is 371 g/mol. The quantitative estimate of drug-likeness (QED) is 0.437. The number of halogens is 1. The van der Waals surface area contributed by atoms with Gasteiger partial charge in [-0.25, -0.2) is 0 Å². The first-order valence-corrected chi connectivity index (χ1v) is 9.77. The Kier molecular flexibility index (Phi) is 3.39. The number of hydrogen-bond donors (Lipinski definition) is 1. The fraction of sp³-hybridized carbons (Fsp3) is 0.789. The van der Waals surface area contributed by atoms with Crippen molar-refractivity contribution in [3.8, 4) is 0 Å². The van der Waals surface area contributed by atoms with Crippen molar-refractivity contribution in [2.45, 2.75) is 64.9 Å². The van der Waals surface area contributed by atoms with Crippen molar-refractivity contribution in [1.82, 2.24) is 0 Å². The van der Waals surface area contributed by atoms with Crippen LogP contribution in [0.25, 0.3) is 0 Å². The Morgan fingerprint density at radius 2 is 1.81 bits per heavy atom. The summed E-state index contributed by atoms with van der Waals surface area (Å²) in [7, 11) is 0. The second-order valence-electron chi connectivity index (χ2n) is 8.40. The van der Waals surface area contributed by atoms with Crippen LogP contribution in [0.4, 0.5) is 0 Å². The van der Waals surface area contributed by atoms with Crippen molar-refractivity contribution in [2.24, 2.45) is 28.6 Å². The summed E-state index contributed by atoms with van der Waals surface area (Å²) in [6.45, 7) is 5.03. The third-order valence-corrected chi connectivity index (χ3v) is 9.24. The maximum atomic E-state index is 10.0. The van der Waals surface area contributed by atoms with Gasteiger partial charge in [0.15, 0.2) is 0 Å². The molecule has 1 N–H and O–H groups in total. The fourth-order valence-electron chi connectivity index (χ4n) is 6.16. The van der Waals surface area contributed by atoms with E-state index >= 15 is 0 Å². The molecule has 0 aromatic rings. The van der Waals surface area contributed by atoms with Gasteiger partial charge in [-0.3, -0.25) is 0 Å². The highest BCUT2D eigenvalue weighted by atomic mass is 127. The summed E-state index contributed by atoms with van der Waals surface area (Å²) in [4.78, 5) is 0. The lowest BCUT2D eigenvalue weighted by Gasteiger charge is -2.57. The highest BCUT2D eigenvalue weighted by Gasteiger charge is 2.56. The number of rotatable bonds is 0. The highest BCUT2D eigenvalue weighted by molar-refractivity contribution is 14.1. The van der Waals surface area contributed by atoms with E-state index in [1.54, 1.807) is 9.15 Å². The molecule has 21 heavy (non-hydrogen) atoms. The number of aliphatic hydroxyl groups is 1. The van der Waals surface area contributed by atoms with Gasteiger partial charge in [0.2, 0.25) is 0 Å². The molecule has 4 aliphatic carbocycles. The van der Waals surface area contributed by atoms with E-state index in [4.69, 9.17) is 0 Å². The second-order valence-corrected chi connectivity index (χ2v) is 9.56. The second kappa shape index (κ2) is 4.83. The predicted molar refractivity (Wildman–Crippen MR) is 95.2 cm³/mol. The zero-order valence-corrected chi connectivity index (χ0v) is 15.4. The zero-order valence-electron chi connectivity index (χ0n) is 13.2. The summed E-state index contributed by atoms with van der Waals surface area (Å²) in [5.41, 5.74) is 2.45. The molecule has 2 heteroatoms. The lowest BCUT2D eigenvalue weighted by atomic mass is 9.48. The van der Waals surface area contributed by atoms with Crippen molar-refractivity contribution in [3.05, 3.63) is 21.3 Å². The van der Waals surface area contributed by atoms with Crippen LogP contribution in [0.1, 0.15) is 58.8 Å². The summed E-state index contributed by atoms with van der Waals surface area (Å²) in [6, 6.07) is 0. The summed E-state index contributed by atoms with van der Waals surface area (Å²) in [6.07, 6.45) is 13.4. The normalized spacial score (nSPS) is 52.4. The van der Waals surface area contributed by atoms with Crippen LogP contribution < -0.4 is 0 Å². The highest BCUT2D eigenvalue weighted by Crippen LogP contribution is 2.65. The van der Waals surface area contributed by atoms with Crippen molar-refractivity contribution >= 4 is 22.6 Å². The summed E-state index contributed by atoms with van der Waals surface area (Å²) >= 11 is 2.60. The number of hydrogen-bond acceptors (Lipinski definition) is 1. The summed E-state index contributed by atoms with van der Waals surface area (Å²) in [5, 5.41) is 10.0. The minimum Gasteiger partial charge on any atom is -0.393 e. The van der Waals surface area contributed by atoms with E-state index in [1.165, 1.54) is 32.1 Å². The smallest absolute Gasteiger partial charge is 0.0577 e. The van der Waals surface area contributed by atoms with E-state index < -0.39 is 0 Å². The average Bonchev–Trinajstić information content (AvgIpc) is 2.76. The molecule has 1 nitrogen and oxygen atoms in total. The minimum absolute atomic E-state index is 0.0798. The average molecular weight is 398 g/mol. The van der Waals surface area contributed by atoms with Crippen molar-refractivity contribution in [2.75, 3.05) is 0 Å². The largest absolute Gasteiger partial charge is 0.393 e. The van der Waals surface area contributed by atoms with Crippen molar-refractivity contribution in [1.29, 1.82) is 0 Å². The first-order valence-electron chi connectivity index (χ1n) is 8.69. The molecule has 0 aromatic heterocycles. The van der Waals surface area contributed by atoms with Crippen LogP contribution in [-0.4, -0.2) is 11.2 Å². The first-order chi connectivity index (χ1) is 9.95. The van der Waals surface area contributed by atoms with Gasteiger partial charge in [0.1, 0.15) is 0 Å². The molecule has 6 atom stereocenters. The van der Waals surface area contributed by atoms with Gasteiger partial charge in [0.25, 0.3) is 0 Å². The van der Waals surface area contributed by atoms with Gasteiger partial charge in [-0.15, -0.1) is 0 Å². The number of aliphatic hydroxyl groups excluding tert-OH is 1. The topological polar surface area (TPSA) is 20.2 Å². The SMILES string of the molecule is C[C@]12CC[C@H](O)CC1=CC[C@H]1[C@H]2CC[C@]2(C)C(I)=CC[C@H]12. The molecule has 0 amide bonds. The molecule has 2 saturated carbocycles. The maximum absolute atomic E-state index is 10.0. The monoisotopic (exact) mass is 398 g/mol. The Morgan fingerprint density at radius 1 is 1.05 bits per heavy atom. The van der Waals surface area contributed by atoms with Crippen LogP contribution in [0, 0.1) is 28.6 Å². The molecule has 4 rings (SSSR count). The fourth-order valence-corrected chi connectivity index (χ4v) is 7.08. The maximum Gasteiger partial charge on any atom is 0.0577 e. The Labute approximate surface area is 142 Å². The molecule has 0 saturated heterocycles. The van der Waals surface area contributed by atoms with Crippen LogP contribution in [0.2, 0.25) is 0 Å². The van der Waals surface area contributed by atoms with Crippen LogP contribution in [0.5, 0.6) is 0 Å². The van der Waals surface area contributed by atoms with Gasteiger partial charge in [-0.1, -0.05) is 31.6 Å². The number of allylic oxidation sites excluding steroid dienone is 3. The molecule has 0 aromatic carbocycles. The molecule has 0 spiro atoms. The Bertz CT molecular complexity index is 522. The summed E-state index contributed by atoms with van der Waals surface area (Å²) < 4.78 is 1.63. The van der Waals surface area contributed by atoms with Crippen LogP contribution >= 0.6 is 22.6 Å². The van der Waals surface area contributed by atoms with Crippen molar-refractivity contribution < 1.29 is 5.11 Å². The van der Waals surface area contributed by atoms with Gasteiger partial charge in [-0.2, -0.15) is 0 Å². The molecule has 0 unspecified atom stereocenters. The minimum atomic E-state index is -0.0798. The van der Waals surface area contributed by atoms with E-state index in [2.05, 4.69) is 48.6 Å². The van der Waals surface area contributed by atoms with Crippen LogP contribution in [0.15, 0.2) is 21.3 Å². The third kappa shape index (κ3) is 1.97. The molecule has 0 radical (unpaired) electrons. The van der Waals surface area contributed by atoms with Gasteiger partial charge in [-0.05, 0) is 94.3 Å². The Hall–Kier alpha value is 0.170. The van der Waals surface area contributed by atoms with Crippen molar-refractivity contribution in [3.63, 3.8) is 0 Å². The van der Waals surface area contributed by atoms with E-state index in [9.17, 15) is 5.11 Å². The Morgan fingerprint density at radius 3 is 2.62 bits per heavy atom. The predicted octanol–water partition coefficient (Wildman–Crippen LogP) is 5.24. The molecule has 116 valence electrons.